The fourth-order valence-electron chi connectivity index (χ4n) is 3.72. The Morgan fingerprint density at radius 3 is 2.45 bits per heavy atom. The molecule has 1 aromatic heterocycles. The predicted octanol–water partition coefficient (Wildman–Crippen LogP) is 1.42. The van der Waals surface area contributed by atoms with Crippen LogP contribution in [0.5, 0.6) is 17.2 Å². The summed E-state index contributed by atoms with van der Waals surface area (Å²) in [6, 6.07) is 4.37. The summed E-state index contributed by atoms with van der Waals surface area (Å²) < 4.78 is 21.7. The molecule has 3 rings (SSSR count). The smallest absolute Gasteiger partial charge is 0.382 e. The molecule has 1 aromatic carbocycles. The highest BCUT2D eigenvalue weighted by Gasteiger charge is 2.44. The van der Waals surface area contributed by atoms with Crippen LogP contribution in [0, 0.1) is 0 Å². The number of hydrogen-bond acceptors (Lipinski definition) is 10. The van der Waals surface area contributed by atoms with Crippen LogP contribution in [0.15, 0.2) is 27.4 Å². The van der Waals surface area contributed by atoms with Crippen molar-refractivity contribution >= 4 is 11.0 Å². The molecule has 2 aromatic rings. The van der Waals surface area contributed by atoms with E-state index in [9.17, 15) is 30.3 Å². The molecule has 0 radical (unpaired) electrons. The van der Waals surface area contributed by atoms with Crippen molar-refractivity contribution in [3.63, 3.8) is 0 Å². The van der Waals surface area contributed by atoms with Crippen LogP contribution in [0.25, 0.3) is 11.0 Å². The van der Waals surface area contributed by atoms with E-state index in [0.717, 1.165) is 32.1 Å². The highest BCUT2D eigenvalue weighted by Crippen LogP contribution is 2.35. The molecule has 0 amide bonds. The maximum atomic E-state index is 12.1. The third-order valence-electron chi connectivity index (χ3n) is 5.65. The summed E-state index contributed by atoms with van der Waals surface area (Å²) >= 11 is 0. The largest absolute Gasteiger partial charge is 0.499 e. The zero-order valence-electron chi connectivity index (χ0n) is 18.6. The Balaban J connectivity index is 1.73. The van der Waals surface area contributed by atoms with E-state index >= 15 is 0 Å². The number of rotatable bonds is 11. The number of aliphatic hydroxyl groups is 4. The molecule has 33 heavy (non-hydrogen) atoms. The molecule has 1 fully saturated rings. The number of aliphatic hydroxyl groups excluding tert-OH is 4. The van der Waals surface area contributed by atoms with Gasteiger partial charge in [-0.15, -0.1) is 0 Å². The first-order valence-corrected chi connectivity index (χ1v) is 11.3. The van der Waals surface area contributed by atoms with Crippen LogP contribution in [0.1, 0.15) is 45.4 Å². The zero-order chi connectivity index (χ0) is 24.0. The average Bonchev–Trinajstić information content (AvgIpc) is 2.81. The summed E-state index contributed by atoms with van der Waals surface area (Å²) in [5.74, 6) is -0.465. The summed E-state index contributed by atoms with van der Waals surface area (Å²) in [4.78, 5) is 12.1. The molecule has 5 atom stereocenters. The van der Waals surface area contributed by atoms with Gasteiger partial charge < -0.3 is 44.2 Å². The lowest BCUT2D eigenvalue weighted by Gasteiger charge is -2.39. The number of aromatic hydroxyl groups is 1. The van der Waals surface area contributed by atoms with Crippen LogP contribution in [0.3, 0.4) is 0 Å². The van der Waals surface area contributed by atoms with Crippen molar-refractivity contribution in [2.75, 3.05) is 13.2 Å². The van der Waals surface area contributed by atoms with E-state index in [0.29, 0.717) is 12.0 Å². The Labute approximate surface area is 190 Å². The minimum absolute atomic E-state index is 0.0224. The molecule has 0 unspecified atom stereocenters. The highest BCUT2D eigenvalue weighted by molar-refractivity contribution is 5.86. The number of ether oxygens (including phenoxy) is 3. The number of fused-ring (bicyclic) bond motifs is 1. The zero-order valence-corrected chi connectivity index (χ0v) is 18.6. The second-order valence-electron chi connectivity index (χ2n) is 8.16. The molecule has 2 heterocycles. The van der Waals surface area contributed by atoms with E-state index in [1.54, 1.807) is 0 Å². The summed E-state index contributed by atoms with van der Waals surface area (Å²) in [7, 11) is 0. The Morgan fingerprint density at radius 2 is 1.73 bits per heavy atom. The molecular weight excluding hydrogens is 436 g/mol. The molecule has 0 aliphatic carbocycles. The van der Waals surface area contributed by atoms with Gasteiger partial charge in [-0.05, 0) is 18.6 Å². The van der Waals surface area contributed by atoms with E-state index in [-0.39, 0.29) is 17.1 Å². The van der Waals surface area contributed by atoms with Gasteiger partial charge in [-0.2, -0.15) is 0 Å². The van der Waals surface area contributed by atoms with E-state index < -0.39 is 48.7 Å². The second kappa shape index (κ2) is 11.7. The average molecular weight is 468 g/mol. The number of unbranched alkanes of at least 4 members (excludes halogenated alkanes) is 5. The lowest BCUT2D eigenvalue weighted by molar-refractivity contribution is -0.277. The van der Waals surface area contributed by atoms with E-state index in [1.807, 2.05) is 0 Å². The third kappa shape index (κ3) is 5.96. The van der Waals surface area contributed by atoms with Gasteiger partial charge in [0, 0.05) is 6.07 Å². The first kappa shape index (κ1) is 25.3. The number of hydrogen-bond donors (Lipinski definition) is 5. The molecule has 10 nitrogen and oxygen atoms in total. The van der Waals surface area contributed by atoms with Crippen molar-refractivity contribution in [1.82, 2.24) is 0 Å². The first-order chi connectivity index (χ1) is 15.9. The quantitative estimate of drug-likeness (QED) is 0.241. The molecule has 0 saturated carbocycles. The van der Waals surface area contributed by atoms with Gasteiger partial charge in [-0.1, -0.05) is 39.0 Å². The van der Waals surface area contributed by atoms with Crippen molar-refractivity contribution < 1.29 is 44.2 Å². The van der Waals surface area contributed by atoms with Gasteiger partial charge in [0.15, 0.2) is 5.75 Å². The van der Waals surface area contributed by atoms with Gasteiger partial charge in [-0.25, -0.2) is 4.79 Å². The lowest BCUT2D eigenvalue weighted by Crippen LogP contribution is -2.60. The lowest BCUT2D eigenvalue weighted by atomic mass is 9.99. The fourth-order valence-corrected chi connectivity index (χ4v) is 3.72. The second-order valence-corrected chi connectivity index (χ2v) is 8.16. The SMILES string of the molecule is CCCCCCCCOc1c(O)c(=O)oc2cc(O[C@@H]3O[C@H](CO)[C@@H](O)[C@H](O)[C@H]3O)ccc12. The molecule has 1 aliphatic heterocycles. The molecule has 184 valence electrons. The molecule has 1 aliphatic rings. The molecular formula is C23H32O10. The Morgan fingerprint density at radius 1 is 1.00 bits per heavy atom. The highest BCUT2D eigenvalue weighted by atomic mass is 16.7. The topological polar surface area (TPSA) is 159 Å². The number of benzene rings is 1. The monoisotopic (exact) mass is 468 g/mol. The standard InChI is InChI=1S/C23H32O10/c1-2-3-4-5-6-7-10-30-21-14-9-8-13(11-15(14)32-22(29)20(21)28)31-23-19(27)18(26)17(25)16(12-24)33-23/h8-9,11,16-19,23-28H,2-7,10,12H2,1H3/t16-,17-,18+,19-,23-/m1/s1. The Hall–Kier alpha value is -2.37. The van der Waals surface area contributed by atoms with Gasteiger partial charge in [0.05, 0.1) is 18.6 Å². The molecule has 0 bridgehead atoms. The Kier molecular flexibility index (Phi) is 8.93. The summed E-state index contributed by atoms with van der Waals surface area (Å²) in [5.41, 5.74) is -0.886. The summed E-state index contributed by atoms with van der Waals surface area (Å²) in [6.07, 6.45) is -0.793. The van der Waals surface area contributed by atoms with Crippen LogP contribution in [0.2, 0.25) is 0 Å². The summed E-state index contributed by atoms with van der Waals surface area (Å²) in [5, 5.41) is 49.7. The van der Waals surface area contributed by atoms with Gasteiger partial charge in [0.1, 0.15) is 35.7 Å². The first-order valence-electron chi connectivity index (χ1n) is 11.3. The predicted molar refractivity (Wildman–Crippen MR) is 117 cm³/mol. The Bertz CT molecular complexity index is 956. The third-order valence-corrected chi connectivity index (χ3v) is 5.65. The minimum Gasteiger partial charge on any atom is -0.499 e. The molecule has 10 heteroatoms. The maximum absolute atomic E-state index is 12.1. The maximum Gasteiger partial charge on any atom is 0.382 e. The molecule has 5 N–H and O–H groups in total. The van der Waals surface area contributed by atoms with E-state index in [1.165, 1.54) is 24.6 Å². The van der Waals surface area contributed by atoms with Crippen LogP contribution in [-0.2, 0) is 4.74 Å². The van der Waals surface area contributed by atoms with Crippen LogP contribution in [-0.4, -0.2) is 69.5 Å². The van der Waals surface area contributed by atoms with E-state index in [2.05, 4.69) is 6.92 Å². The molecule has 1 saturated heterocycles. The van der Waals surface area contributed by atoms with Crippen molar-refractivity contribution in [2.45, 2.75) is 76.2 Å². The van der Waals surface area contributed by atoms with Gasteiger partial charge in [-0.3, -0.25) is 0 Å². The van der Waals surface area contributed by atoms with Gasteiger partial charge in [0.2, 0.25) is 12.0 Å². The molecule has 0 spiro atoms. The van der Waals surface area contributed by atoms with E-state index in [4.69, 9.17) is 18.6 Å². The normalized spacial score (nSPS) is 25.3. The van der Waals surface area contributed by atoms with Crippen molar-refractivity contribution in [1.29, 1.82) is 0 Å². The van der Waals surface area contributed by atoms with Gasteiger partial charge in [0.25, 0.3) is 0 Å². The summed E-state index contributed by atoms with van der Waals surface area (Å²) in [6.45, 7) is 1.90. The van der Waals surface area contributed by atoms with Crippen molar-refractivity contribution in [3.8, 4) is 17.2 Å². The van der Waals surface area contributed by atoms with Crippen LogP contribution < -0.4 is 15.1 Å². The van der Waals surface area contributed by atoms with Crippen molar-refractivity contribution in [3.05, 3.63) is 28.6 Å². The fraction of sp³-hybridized carbons (Fsp3) is 0.609. The van der Waals surface area contributed by atoms with Crippen LogP contribution in [0.4, 0.5) is 0 Å². The minimum atomic E-state index is -1.58. The van der Waals surface area contributed by atoms with Crippen molar-refractivity contribution in [2.24, 2.45) is 0 Å². The van der Waals surface area contributed by atoms with Crippen LogP contribution >= 0.6 is 0 Å². The van der Waals surface area contributed by atoms with Gasteiger partial charge >= 0.3 is 5.63 Å².